The van der Waals surface area contributed by atoms with E-state index in [0.717, 1.165) is 6.54 Å². The van der Waals surface area contributed by atoms with Gasteiger partial charge in [-0.15, -0.1) is 0 Å². The molecular weight excluding hydrogens is 294 g/mol. The maximum Gasteiger partial charge on any atom is 0.243 e. The predicted molar refractivity (Wildman–Crippen MR) is 78.6 cm³/mol. The second-order valence-electron chi connectivity index (χ2n) is 4.88. The Bertz CT molecular complexity index is 549. The number of hydrogen-bond donors (Lipinski definition) is 2. The number of nitrogens with one attached hydrogen (secondary N) is 2. The van der Waals surface area contributed by atoms with Crippen molar-refractivity contribution in [2.24, 2.45) is 0 Å². The van der Waals surface area contributed by atoms with Crippen LogP contribution in [0.4, 0.5) is 5.95 Å². The van der Waals surface area contributed by atoms with Gasteiger partial charge in [-0.2, -0.15) is 0 Å². The molecule has 0 bridgehead atoms. The molecule has 0 aliphatic carbocycles. The molecule has 21 heavy (non-hydrogen) atoms. The Morgan fingerprint density at radius 1 is 1.43 bits per heavy atom. The molecule has 1 atom stereocenters. The van der Waals surface area contributed by atoms with Crippen LogP contribution in [0.5, 0.6) is 0 Å². The van der Waals surface area contributed by atoms with Crippen LogP contribution >= 0.6 is 0 Å². The van der Waals surface area contributed by atoms with Gasteiger partial charge < -0.3 is 15.0 Å². The minimum Gasteiger partial charge on any atom is -0.374 e. The number of nitrogens with zero attached hydrogens (tertiary/aromatic N) is 3. The Morgan fingerprint density at radius 3 is 2.76 bits per heavy atom. The molecule has 9 heteroatoms. The van der Waals surface area contributed by atoms with Crippen LogP contribution in [0.15, 0.2) is 17.3 Å². The van der Waals surface area contributed by atoms with Gasteiger partial charge in [0.15, 0.2) is 0 Å². The number of ether oxygens (including phenoxy) is 1. The molecule has 2 N–H and O–H groups in total. The summed E-state index contributed by atoms with van der Waals surface area (Å²) in [5, 5.41) is 2.91. The summed E-state index contributed by atoms with van der Waals surface area (Å²) in [4.78, 5) is 10.1. The smallest absolute Gasteiger partial charge is 0.243 e. The van der Waals surface area contributed by atoms with Crippen LogP contribution in [0.25, 0.3) is 0 Å². The van der Waals surface area contributed by atoms with Crippen molar-refractivity contribution in [1.82, 2.24) is 19.6 Å². The highest BCUT2D eigenvalue weighted by Gasteiger charge is 2.21. The standard InChI is InChI=1S/C12H21N5O3S/c1-3-13-12-14-7-11(8-15-12)21(18,19)16-6-10-9-17(2)4-5-20-10/h7-8,10,16H,3-6,9H2,1-2H3,(H,13,14,15). The molecule has 0 amide bonds. The Balaban J connectivity index is 1.94. The van der Waals surface area contributed by atoms with Crippen molar-refractivity contribution in [1.29, 1.82) is 0 Å². The Labute approximate surface area is 125 Å². The molecule has 1 aliphatic rings. The third kappa shape index (κ3) is 4.60. The largest absolute Gasteiger partial charge is 0.374 e. The molecule has 0 saturated carbocycles. The van der Waals surface area contributed by atoms with Crippen molar-refractivity contribution in [3.63, 3.8) is 0 Å². The molecule has 1 fully saturated rings. The van der Waals surface area contributed by atoms with Crippen molar-refractivity contribution in [2.75, 3.05) is 45.2 Å². The Kier molecular flexibility index (Phi) is 5.45. The van der Waals surface area contributed by atoms with Crippen LogP contribution in [0, 0.1) is 0 Å². The number of rotatable bonds is 6. The lowest BCUT2D eigenvalue weighted by Crippen LogP contribution is -2.45. The summed E-state index contributed by atoms with van der Waals surface area (Å²) >= 11 is 0. The summed E-state index contributed by atoms with van der Waals surface area (Å²) in [5.74, 6) is 0.411. The summed E-state index contributed by atoms with van der Waals surface area (Å²) < 4.78 is 32.3. The van der Waals surface area contributed by atoms with E-state index in [1.807, 2.05) is 14.0 Å². The average molecular weight is 315 g/mol. The van der Waals surface area contributed by atoms with Crippen LogP contribution in [0.2, 0.25) is 0 Å². The summed E-state index contributed by atoms with van der Waals surface area (Å²) in [5.41, 5.74) is 0. The molecule has 0 radical (unpaired) electrons. The maximum absolute atomic E-state index is 12.1. The van der Waals surface area contributed by atoms with Gasteiger partial charge in [-0.05, 0) is 14.0 Å². The molecular formula is C12H21N5O3S. The van der Waals surface area contributed by atoms with Gasteiger partial charge in [-0.1, -0.05) is 0 Å². The lowest BCUT2D eigenvalue weighted by atomic mass is 10.3. The monoisotopic (exact) mass is 315 g/mol. The predicted octanol–water partition coefficient (Wildman–Crippen LogP) is -0.483. The van der Waals surface area contributed by atoms with Gasteiger partial charge in [0.05, 0.1) is 25.1 Å². The van der Waals surface area contributed by atoms with E-state index in [4.69, 9.17) is 4.74 Å². The zero-order valence-electron chi connectivity index (χ0n) is 12.2. The first-order chi connectivity index (χ1) is 10.0. The quantitative estimate of drug-likeness (QED) is 0.731. The van der Waals surface area contributed by atoms with Crippen molar-refractivity contribution in [3.05, 3.63) is 12.4 Å². The Hall–Kier alpha value is -1.29. The fraction of sp³-hybridized carbons (Fsp3) is 0.667. The minimum atomic E-state index is -3.61. The summed E-state index contributed by atoms with van der Waals surface area (Å²) in [7, 11) is -1.63. The van der Waals surface area contributed by atoms with E-state index >= 15 is 0 Å². The molecule has 2 rings (SSSR count). The van der Waals surface area contributed by atoms with Gasteiger partial charge in [0.2, 0.25) is 16.0 Å². The average Bonchev–Trinajstić information content (AvgIpc) is 2.46. The van der Waals surface area contributed by atoms with Crippen LogP contribution in [0.1, 0.15) is 6.92 Å². The molecule has 0 spiro atoms. The van der Waals surface area contributed by atoms with E-state index in [0.29, 0.717) is 25.6 Å². The summed E-state index contributed by atoms with van der Waals surface area (Å²) in [6, 6.07) is 0. The van der Waals surface area contributed by atoms with Crippen LogP contribution in [0.3, 0.4) is 0 Å². The molecule has 118 valence electrons. The minimum absolute atomic E-state index is 0.0494. The van der Waals surface area contributed by atoms with Gasteiger partial charge in [0.25, 0.3) is 0 Å². The molecule has 1 aromatic rings. The third-order valence-electron chi connectivity index (χ3n) is 3.12. The van der Waals surface area contributed by atoms with E-state index in [1.165, 1.54) is 12.4 Å². The first-order valence-corrected chi connectivity index (χ1v) is 8.35. The molecule has 2 heterocycles. The number of likely N-dealkylation sites (N-methyl/N-ethyl adjacent to an activating group) is 1. The zero-order chi connectivity index (χ0) is 15.3. The van der Waals surface area contributed by atoms with Crippen molar-refractivity contribution in [3.8, 4) is 0 Å². The van der Waals surface area contributed by atoms with Crippen LogP contribution < -0.4 is 10.0 Å². The first kappa shape index (κ1) is 16.1. The Morgan fingerprint density at radius 2 is 2.14 bits per heavy atom. The van der Waals surface area contributed by atoms with Crippen molar-refractivity contribution < 1.29 is 13.2 Å². The number of morpholine rings is 1. The van der Waals surface area contributed by atoms with Gasteiger partial charge >= 0.3 is 0 Å². The lowest BCUT2D eigenvalue weighted by molar-refractivity contribution is -0.0156. The third-order valence-corrected chi connectivity index (χ3v) is 4.49. The van der Waals surface area contributed by atoms with E-state index in [2.05, 4.69) is 24.9 Å². The molecule has 1 aliphatic heterocycles. The second-order valence-corrected chi connectivity index (χ2v) is 6.65. The van der Waals surface area contributed by atoms with Gasteiger partial charge in [-0.3, -0.25) is 0 Å². The molecule has 1 saturated heterocycles. The number of sulfonamides is 1. The highest BCUT2D eigenvalue weighted by atomic mass is 32.2. The number of anilines is 1. The van der Waals surface area contributed by atoms with Crippen LogP contribution in [-0.4, -0.2) is 69.2 Å². The molecule has 1 aromatic heterocycles. The first-order valence-electron chi connectivity index (χ1n) is 6.87. The SMILES string of the molecule is CCNc1ncc(S(=O)(=O)NCC2CN(C)CCO2)cn1. The van der Waals surface area contributed by atoms with Crippen molar-refractivity contribution >= 4 is 16.0 Å². The topological polar surface area (TPSA) is 96.5 Å². The second kappa shape index (κ2) is 7.12. The van der Waals surface area contributed by atoms with Crippen molar-refractivity contribution in [2.45, 2.75) is 17.9 Å². The summed E-state index contributed by atoms with van der Waals surface area (Å²) in [6.07, 6.45) is 2.45. The highest BCUT2D eigenvalue weighted by Crippen LogP contribution is 2.08. The fourth-order valence-corrected chi connectivity index (χ4v) is 2.94. The zero-order valence-corrected chi connectivity index (χ0v) is 13.1. The number of hydrogen-bond acceptors (Lipinski definition) is 7. The van der Waals surface area contributed by atoms with Crippen LogP contribution in [-0.2, 0) is 14.8 Å². The normalized spacial score (nSPS) is 20.4. The van der Waals surface area contributed by atoms with E-state index in [-0.39, 0.29) is 17.5 Å². The highest BCUT2D eigenvalue weighted by molar-refractivity contribution is 7.89. The number of aromatic nitrogens is 2. The summed E-state index contributed by atoms with van der Waals surface area (Å²) in [6.45, 7) is 5.01. The molecule has 0 aromatic carbocycles. The van der Waals surface area contributed by atoms with E-state index in [1.54, 1.807) is 0 Å². The lowest BCUT2D eigenvalue weighted by Gasteiger charge is -2.29. The maximum atomic E-state index is 12.1. The fourth-order valence-electron chi connectivity index (χ4n) is 1.98. The van der Waals surface area contributed by atoms with E-state index < -0.39 is 10.0 Å². The van der Waals surface area contributed by atoms with Gasteiger partial charge in [-0.25, -0.2) is 23.1 Å². The van der Waals surface area contributed by atoms with Gasteiger partial charge in [0, 0.05) is 26.2 Å². The van der Waals surface area contributed by atoms with Gasteiger partial charge in [0.1, 0.15) is 4.90 Å². The molecule has 1 unspecified atom stereocenters. The molecule has 8 nitrogen and oxygen atoms in total. The van der Waals surface area contributed by atoms with E-state index in [9.17, 15) is 8.42 Å².